The molecule has 1 aromatic carbocycles. The van der Waals surface area contributed by atoms with Gasteiger partial charge in [-0.1, -0.05) is 11.6 Å². The van der Waals surface area contributed by atoms with Crippen molar-refractivity contribution < 1.29 is 9.90 Å². The van der Waals surface area contributed by atoms with Crippen LogP contribution in [-0.4, -0.2) is 24.2 Å². The maximum Gasteiger partial charge on any atom is 0.251 e. The standard InChI is InChI=1S/C12H15ClINO2/c13-10-8-9(4-5-11(10)14)12(17)15-6-2-1-3-7-16/h4-5,8,16H,1-3,6-7H2,(H,15,17). The van der Waals surface area contributed by atoms with Gasteiger partial charge in [0.05, 0.1) is 5.02 Å². The Labute approximate surface area is 120 Å². The summed E-state index contributed by atoms with van der Waals surface area (Å²) in [6.45, 7) is 0.836. The second-order valence-corrected chi connectivity index (χ2v) is 5.24. The Balaban J connectivity index is 2.39. The van der Waals surface area contributed by atoms with E-state index < -0.39 is 0 Å². The van der Waals surface area contributed by atoms with Gasteiger partial charge < -0.3 is 10.4 Å². The molecule has 0 aliphatic carbocycles. The molecule has 2 N–H and O–H groups in total. The molecule has 1 rings (SSSR count). The molecule has 17 heavy (non-hydrogen) atoms. The smallest absolute Gasteiger partial charge is 0.251 e. The van der Waals surface area contributed by atoms with Crippen molar-refractivity contribution in [2.75, 3.05) is 13.2 Å². The van der Waals surface area contributed by atoms with E-state index >= 15 is 0 Å². The second kappa shape index (κ2) is 7.89. The number of halogens is 2. The first-order valence-electron chi connectivity index (χ1n) is 5.49. The van der Waals surface area contributed by atoms with Gasteiger partial charge in [0.2, 0.25) is 0 Å². The number of carbonyl (C=O) groups excluding carboxylic acids is 1. The van der Waals surface area contributed by atoms with Crippen molar-refractivity contribution in [3.05, 3.63) is 32.4 Å². The first-order chi connectivity index (χ1) is 8.15. The lowest BCUT2D eigenvalue weighted by molar-refractivity contribution is 0.0953. The summed E-state index contributed by atoms with van der Waals surface area (Å²) in [5.41, 5.74) is 0.581. The number of aliphatic hydroxyl groups excluding tert-OH is 1. The van der Waals surface area contributed by atoms with Gasteiger partial charge in [-0.05, 0) is 60.1 Å². The SMILES string of the molecule is O=C(NCCCCCO)c1ccc(I)c(Cl)c1. The third kappa shape index (κ3) is 5.23. The fourth-order valence-corrected chi connectivity index (χ4v) is 1.87. The van der Waals surface area contributed by atoms with E-state index in [2.05, 4.69) is 27.9 Å². The van der Waals surface area contributed by atoms with Crippen LogP contribution in [0.2, 0.25) is 5.02 Å². The van der Waals surface area contributed by atoms with Crippen LogP contribution in [0.5, 0.6) is 0 Å². The zero-order valence-corrected chi connectivity index (χ0v) is 12.3. The zero-order chi connectivity index (χ0) is 12.7. The molecule has 0 fully saturated rings. The number of aliphatic hydroxyl groups is 1. The molecule has 0 atom stereocenters. The lowest BCUT2D eigenvalue weighted by atomic mass is 10.2. The van der Waals surface area contributed by atoms with E-state index in [4.69, 9.17) is 16.7 Å². The summed E-state index contributed by atoms with van der Waals surface area (Å²) in [6.07, 6.45) is 2.58. The van der Waals surface area contributed by atoms with E-state index in [1.807, 2.05) is 6.07 Å². The zero-order valence-electron chi connectivity index (χ0n) is 9.38. The van der Waals surface area contributed by atoms with E-state index in [-0.39, 0.29) is 12.5 Å². The minimum absolute atomic E-state index is 0.104. The van der Waals surface area contributed by atoms with Crippen LogP contribution < -0.4 is 5.32 Å². The second-order valence-electron chi connectivity index (χ2n) is 3.67. The monoisotopic (exact) mass is 367 g/mol. The fraction of sp³-hybridized carbons (Fsp3) is 0.417. The third-order valence-corrected chi connectivity index (χ3v) is 3.87. The Morgan fingerprint density at radius 2 is 2.12 bits per heavy atom. The molecule has 0 aliphatic rings. The van der Waals surface area contributed by atoms with E-state index in [0.29, 0.717) is 17.1 Å². The minimum Gasteiger partial charge on any atom is -0.396 e. The molecule has 0 saturated heterocycles. The largest absolute Gasteiger partial charge is 0.396 e. The highest BCUT2D eigenvalue weighted by Gasteiger charge is 2.06. The highest BCUT2D eigenvalue weighted by Crippen LogP contribution is 2.19. The quantitative estimate of drug-likeness (QED) is 0.600. The number of benzene rings is 1. The minimum atomic E-state index is -0.104. The van der Waals surface area contributed by atoms with Gasteiger partial charge >= 0.3 is 0 Å². The van der Waals surface area contributed by atoms with Crippen molar-refractivity contribution in [3.63, 3.8) is 0 Å². The molecule has 5 heteroatoms. The maximum atomic E-state index is 11.7. The summed E-state index contributed by atoms with van der Waals surface area (Å²) in [5.74, 6) is -0.104. The molecular weight excluding hydrogens is 352 g/mol. The van der Waals surface area contributed by atoms with E-state index in [1.165, 1.54) is 0 Å². The Morgan fingerprint density at radius 1 is 1.35 bits per heavy atom. The highest BCUT2D eigenvalue weighted by molar-refractivity contribution is 14.1. The maximum absolute atomic E-state index is 11.7. The third-order valence-electron chi connectivity index (χ3n) is 2.30. The van der Waals surface area contributed by atoms with Gasteiger partial charge in [-0.15, -0.1) is 0 Å². The first-order valence-corrected chi connectivity index (χ1v) is 6.95. The average molecular weight is 368 g/mol. The van der Waals surface area contributed by atoms with Crippen LogP contribution in [-0.2, 0) is 0 Å². The van der Waals surface area contributed by atoms with Crippen LogP contribution in [0.3, 0.4) is 0 Å². The molecule has 1 aromatic rings. The van der Waals surface area contributed by atoms with Crippen LogP contribution in [0.1, 0.15) is 29.6 Å². The van der Waals surface area contributed by atoms with Gasteiger partial charge in [0.15, 0.2) is 0 Å². The van der Waals surface area contributed by atoms with Crippen molar-refractivity contribution in [3.8, 4) is 0 Å². The van der Waals surface area contributed by atoms with Gasteiger partial charge in [0.25, 0.3) is 5.91 Å². The van der Waals surface area contributed by atoms with Crippen molar-refractivity contribution >= 4 is 40.1 Å². The Morgan fingerprint density at radius 3 is 2.76 bits per heavy atom. The van der Waals surface area contributed by atoms with Crippen molar-refractivity contribution in [1.29, 1.82) is 0 Å². The number of rotatable bonds is 6. The van der Waals surface area contributed by atoms with Crippen LogP contribution in [0, 0.1) is 3.57 Å². The summed E-state index contributed by atoms with van der Waals surface area (Å²) >= 11 is 8.07. The van der Waals surface area contributed by atoms with Crippen LogP contribution in [0.15, 0.2) is 18.2 Å². The summed E-state index contributed by atoms with van der Waals surface area (Å²) in [5, 5.41) is 12.0. The molecule has 1 amide bonds. The predicted octanol–water partition coefficient (Wildman–Crippen LogP) is 2.84. The number of amides is 1. The van der Waals surface area contributed by atoms with Crippen LogP contribution in [0.25, 0.3) is 0 Å². The van der Waals surface area contributed by atoms with Crippen molar-refractivity contribution in [2.24, 2.45) is 0 Å². The molecule has 0 aromatic heterocycles. The molecule has 3 nitrogen and oxygen atoms in total. The molecule has 94 valence electrons. The fourth-order valence-electron chi connectivity index (χ4n) is 1.35. The lowest BCUT2D eigenvalue weighted by Crippen LogP contribution is -2.24. The Kier molecular flexibility index (Phi) is 6.84. The summed E-state index contributed by atoms with van der Waals surface area (Å²) < 4.78 is 0.934. The van der Waals surface area contributed by atoms with Gasteiger partial charge in [0.1, 0.15) is 0 Å². The number of hydrogen-bond acceptors (Lipinski definition) is 2. The number of carbonyl (C=O) groups is 1. The molecular formula is C12H15ClINO2. The molecule has 0 aliphatic heterocycles. The van der Waals surface area contributed by atoms with Crippen molar-refractivity contribution in [2.45, 2.75) is 19.3 Å². The van der Waals surface area contributed by atoms with E-state index in [0.717, 1.165) is 22.8 Å². The van der Waals surface area contributed by atoms with Gasteiger partial charge in [-0.25, -0.2) is 0 Å². The van der Waals surface area contributed by atoms with Gasteiger partial charge in [0, 0.05) is 22.3 Å². The molecule has 0 saturated carbocycles. The predicted molar refractivity (Wildman–Crippen MR) is 77.4 cm³/mol. The summed E-state index contributed by atoms with van der Waals surface area (Å²) in [6, 6.07) is 5.26. The summed E-state index contributed by atoms with van der Waals surface area (Å²) in [4.78, 5) is 11.7. The Bertz CT molecular complexity index is 385. The molecule has 0 heterocycles. The lowest BCUT2D eigenvalue weighted by Gasteiger charge is -2.05. The topological polar surface area (TPSA) is 49.3 Å². The molecule has 0 spiro atoms. The van der Waals surface area contributed by atoms with Gasteiger partial charge in [-0.3, -0.25) is 4.79 Å². The highest BCUT2D eigenvalue weighted by atomic mass is 127. The summed E-state index contributed by atoms with van der Waals surface area (Å²) in [7, 11) is 0. The van der Waals surface area contributed by atoms with E-state index in [1.54, 1.807) is 12.1 Å². The number of unbranched alkanes of at least 4 members (excludes halogenated alkanes) is 2. The van der Waals surface area contributed by atoms with Crippen LogP contribution >= 0.6 is 34.2 Å². The van der Waals surface area contributed by atoms with E-state index in [9.17, 15) is 4.79 Å². The van der Waals surface area contributed by atoms with Crippen molar-refractivity contribution in [1.82, 2.24) is 5.32 Å². The Hall–Kier alpha value is -0.330. The first kappa shape index (κ1) is 14.7. The number of hydrogen-bond donors (Lipinski definition) is 2. The van der Waals surface area contributed by atoms with Crippen LogP contribution in [0.4, 0.5) is 0 Å². The molecule has 0 bridgehead atoms. The van der Waals surface area contributed by atoms with Gasteiger partial charge in [-0.2, -0.15) is 0 Å². The molecule has 0 unspecified atom stereocenters. The normalized spacial score (nSPS) is 10.3. The average Bonchev–Trinajstić information content (AvgIpc) is 2.32. The molecule has 0 radical (unpaired) electrons. The number of nitrogens with one attached hydrogen (secondary N) is 1.